The van der Waals surface area contributed by atoms with Gasteiger partial charge in [0.15, 0.2) is 11.5 Å². The van der Waals surface area contributed by atoms with Crippen LogP contribution in [0.25, 0.3) is 6.08 Å². The van der Waals surface area contributed by atoms with E-state index in [2.05, 4.69) is 27.9 Å². The molecule has 1 heterocycles. The van der Waals surface area contributed by atoms with E-state index in [-0.39, 0.29) is 30.3 Å². The molecular formula is C33H24Cl2FIN2O6. The van der Waals surface area contributed by atoms with Crippen molar-refractivity contribution < 1.29 is 33.0 Å². The van der Waals surface area contributed by atoms with E-state index >= 15 is 0 Å². The minimum Gasteiger partial charge on any atom is -0.490 e. The van der Waals surface area contributed by atoms with Gasteiger partial charge in [-0.1, -0.05) is 41.4 Å². The topological polar surface area (TPSA) is 94.2 Å². The van der Waals surface area contributed by atoms with Crippen molar-refractivity contribution in [1.29, 1.82) is 0 Å². The Labute approximate surface area is 281 Å². The molecule has 1 N–H and O–H groups in total. The molecule has 1 aliphatic rings. The molecule has 0 unspecified atom stereocenters. The summed E-state index contributed by atoms with van der Waals surface area (Å²) in [5, 5.41) is 3.21. The van der Waals surface area contributed by atoms with Gasteiger partial charge in [-0.05, 0) is 107 Å². The van der Waals surface area contributed by atoms with Gasteiger partial charge in [0.2, 0.25) is 0 Å². The minimum absolute atomic E-state index is 0.174. The number of nitrogens with one attached hydrogen (secondary N) is 1. The second-order valence-corrected chi connectivity index (χ2v) is 11.7. The van der Waals surface area contributed by atoms with Crippen molar-refractivity contribution in [2.75, 3.05) is 11.5 Å². The number of anilines is 1. The molecule has 0 aliphatic carbocycles. The predicted molar refractivity (Wildman–Crippen MR) is 177 cm³/mol. The Balaban J connectivity index is 1.35. The summed E-state index contributed by atoms with van der Waals surface area (Å²) in [6.45, 7) is 2.50. The number of nitrogens with zero attached hydrogens (tertiary/aromatic N) is 1. The Hall–Kier alpha value is -4.13. The van der Waals surface area contributed by atoms with Crippen LogP contribution in [-0.2, 0) is 22.8 Å². The van der Waals surface area contributed by atoms with E-state index < -0.39 is 17.8 Å². The fraction of sp³-hybridized carbons (Fsp3) is 0.121. The molecule has 1 aliphatic heterocycles. The lowest BCUT2D eigenvalue weighted by Gasteiger charge is -2.26. The molecule has 5 rings (SSSR count). The first-order chi connectivity index (χ1) is 21.6. The summed E-state index contributed by atoms with van der Waals surface area (Å²) >= 11 is 14.2. The van der Waals surface area contributed by atoms with Gasteiger partial charge in [0, 0.05) is 15.6 Å². The highest BCUT2D eigenvalue weighted by Crippen LogP contribution is 2.36. The van der Waals surface area contributed by atoms with Crippen LogP contribution in [0, 0.1) is 9.39 Å². The summed E-state index contributed by atoms with van der Waals surface area (Å²) in [6, 6.07) is 19.8. The van der Waals surface area contributed by atoms with Crippen LogP contribution in [0.4, 0.5) is 14.9 Å². The van der Waals surface area contributed by atoms with E-state index in [4.69, 9.17) is 37.4 Å². The molecule has 230 valence electrons. The van der Waals surface area contributed by atoms with Crippen LogP contribution in [0.3, 0.4) is 0 Å². The Morgan fingerprint density at radius 2 is 1.62 bits per heavy atom. The van der Waals surface area contributed by atoms with Crippen LogP contribution in [0.2, 0.25) is 10.0 Å². The third-order valence-electron chi connectivity index (χ3n) is 6.55. The van der Waals surface area contributed by atoms with E-state index in [1.54, 1.807) is 54.6 Å². The lowest BCUT2D eigenvalue weighted by molar-refractivity contribution is -0.122. The molecule has 4 amide bonds. The van der Waals surface area contributed by atoms with Crippen molar-refractivity contribution in [3.05, 3.63) is 121 Å². The summed E-state index contributed by atoms with van der Waals surface area (Å²) in [4.78, 5) is 39.9. The standard InChI is InChI=1S/C33H24Cl2FIN2O6/c1-2-43-29-15-20(14-28(37)30(29)45-17-19-3-7-23(36)8-4-19)13-26-31(40)38-33(42)39(32(26)41)24-9-11-25(12-10-24)44-18-21-5-6-22(34)16-27(21)35/h3-16H,2,17-18H2,1H3,(H,38,40,42)/b26-13+. The average molecular weight is 761 g/mol. The Kier molecular flexibility index (Phi) is 10.3. The molecule has 0 spiro atoms. The van der Waals surface area contributed by atoms with Crippen LogP contribution >= 0.6 is 45.8 Å². The van der Waals surface area contributed by atoms with Crippen LogP contribution in [-0.4, -0.2) is 24.5 Å². The van der Waals surface area contributed by atoms with E-state index in [9.17, 15) is 18.8 Å². The molecule has 0 saturated carbocycles. The number of halogens is 4. The van der Waals surface area contributed by atoms with Crippen molar-refractivity contribution in [2.24, 2.45) is 0 Å². The molecule has 12 heteroatoms. The highest BCUT2D eigenvalue weighted by Gasteiger charge is 2.37. The number of rotatable bonds is 10. The molecule has 0 radical (unpaired) electrons. The normalized spacial score (nSPS) is 14.0. The number of ether oxygens (including phenoxy) is 3. The lowest BCUT2D eigenvalue weighted by Crippen LogP contribution is -2.54. The molecule has 45 heavy (non-hydrogen) atoms. The second-order valence-electron chi connectivity index (χ2n) is 9.65. The zero-order valence-electron chi connectivity index (χ0n) is 23.6. The van der Waals surface area contributed by atoms with Crippen LogP contribution in [0.1, 0.15) is 23.6 Å². The first-order valence-corrected chi connectivity index (χ1v) is 15.4. The highest BCUT2D eigenvalue weighted by molar-refractivity contribution is 14.1. The number of carbonyl (C=O) groups excluding carboxylic acids is 3. The number of urea groups is 1. The molecule has 0 bridgehead atoms. The maximum atomic E-state index is 13.5. The Bertz CT molecular complexity index is 1800. The monoisotopic (exact) mass is 760 g/mol. The van der Waals surface area contributed by atoms with Gasteiger partial charge in [-0.25, -0.2) is 14.1 Å². The fourth-order valence-electron chi connectivity index (χ4n) is 4.36. The van der Waals surface area contributed by atoms with Crippen molar-refractivity contribution in [3.8, 4) is 17.2 Å². The Morgan fingerprint density at radius 1 is 0.889 bits per heavy atom. The molecule has 1 saturated heterocycles. The van der Waals surface area contributed by atoms with E-state index in [1.807, 2.05) is 6.92 Å². The third-order valence-corrected chi connectivity index (χ3v) is 7.93. The van der Waals surface area contributed by atoms with Gasteiger partial charge in [0.1, 0.15) is 30.4 Å². The predicted octanol–water partition coefficient (Wildman–Crippen LogP) is 7.96. The summed E-state index contributed by atoms with van der Waals surface area (Å²) < 4.78 is 31.5. The lowest BCUT2D eigenvalue weighted by atomic mass is 10.1. The second kappa shape index (κ2) is 14.3. The van der Waals surface area contributed by atoms with Crippen molar-refractivity contribution in [3.63, 3.8) is 0 Å². The number of amides is 4. The fourth-order valence-corrected chi connectivity index (χ4v) is 5.60. The number of hydrogen-bond donors (Lipinski definition) is 1. The summed E-state index contributed by atoms with van der Waals surface area (Å²) in [5.41, 5.74) is 1.97. The Morgan fingerprint density at radius 3 is 2.31 bits per heavy atom. The number of benzene rings is 4. The molecular weight excluding hydrogens is 737 g/mol. The van der Waals surface area contributed by atoms with Gasteiger partial charge < -0.3 is 14.2 Å². The van der Waals surface area contributed by atoms with Crippen LogP contribution < -0.4 is 24.4 Å². The first-order valence-electron chi connectivity index (χ1n) is 13.5. The maximum Gasteiger partial charge on any atom is 0.335 e. The SMILES string of the molecule is CCOc1cc(/C=C2\C(=O)NC(=O)N(c3ccc(OCc4ccc(Cl)cc4Cl)cc3)C2=O)cc(I)c1OCc1ccc(F)cc1. The van der Waals surface area contributed by atoms with E-state index in [0.717, 1.165) is 16.0 Å². The highest BCUT2D eigenvalue weighted by atomic mass is 127. The van der Waals surface area contributed by atoms with Crippen molar-refractivity contribution in [2.45, 2.75) is 20.1 Å². The average Bonchev–Trinajstić information content (AvgIpc) is 3.00. The minimum atomic E-state index is -0.877. The molecule has 0 atom stereocenters. The van der Waals surface area contributed by atoms with Gasteiger partial charge >= 0.3 is 6.03 Å². The van der Waals surface area contributed by atoms with Gasteiger partial charge in [0.05, 0.1) is 15.9 Å². The van der Waals surface area contributed by atoms with Crippen molar-refractivity contribution >= 4 is 75.4 Å². The zero-order chi connectivity index (χ0) is 32.1. The maximum absolute atomic E-state index is 13.5. The number of carbonyl (C=O) groups is 3. The van der Waals surface area contributed by atoms with Gasteiger partial charge in [-0.3, -0.25) is 14.9 Å². The van der Waals surface area contributed by atoms with E-state index in [0.29, 0.717) is 43.0 Å². The molecule has 1 fully saturated rings. The first kappa shape index (κ1) is 32.3. The summed E-state index contributed by atoms with van der Waals surface area (Å²) in [7, 11) is 0. The zero-order valence-corrected chi connectivity index (χ0v) is 27.3. The van der Waals surface area contributed by atoms with E-state index in [1.165, 1.54) is 30.3 Å². The summed E-state index contributed by atoms with van der Waals surface area (Å²) in [6.07, 6.45) is 1.39. The van der Waals surface area contributed by atoms with Crippen LogP contribution in [0.15, 0.2) is 84.4 Å². The quantitative estimate of drug-likeness (QED) is 0.100. The van der Waals surface area contributed by atoms with Gasteiger partial charge in [0.25, 0.3) is 11.8 Å². The third kappa shape index (κ3) is 7.75. The number of imide groups is 2. The summed E-state index contributed by atoms with van der Waals surface area (Å²) in [5.74, 6) is -0.641. The number of hydrogen-bond acceptors (Lipinski definition) is 6. The molecule has 0 aromatic heterocycles. The largest absolute Gasteiger partial charge is 0.490 e. The van der Waals surface area contributed by atoms with Gasteiger partial charge in [-0.15, -0.1) is 0 Å². The van der Waals surface area contributed by atoms with Crippen molar-refractivity contribution in [1.82, 2.24) is 5.32 Å². The number of barbiturate groups is 1. The van der Waals surface area contributed by atoms with Gasteiger partial charge in [-0.2, -0.15) is 0 Å². The smallest absolute Gasteiger partial charge is 0.335 e. The molecule has 8 nitrogen and oxygen atoms in total. The molecule has 4 aromatic carbocycles. The van der Waals surface area contributed by atoms with Crippen LogP contribution in [0.5, 0.6) is 17.2 Å². The molecule has 4 aromatic rings.